The number of rotatable bonds is 8. The van der Waals surface area contributed by atoms with E-state index in [1.807, 2.05) is 37.3 Å². The Bertz CT molecular complexity index is 877. The van der Waals surface area contributed by atoms with Gasteiger partial charge in [-0.05, 0) is 24.3 Å². The van der Waals surface area contributed by atoms with E-state index in [0.717, 1.165) is 16.9 Å². The first-order chi connectivity index (χ1) is 12.5. The first kappa shape index (κ1) is 21.5. The van der Waals surface area contributed by atoms with Gasteiger partial charge in [-0.25, -0.2) is 13.1 Å². The predicted octanol–water partition coefficient (Wildman–Crippen LogP) is 3.17. The van der Waals surface area contributed by atoms with Crippen molar-refractivity contribution in [3.05, 3.63) is 35.9 Å². The number of nitrogens with zero attached hydrogens (tertiary/aromatic N) is 2. The summed E-state index contributed by atoms with van der Waals surface area (Å²) >= 11 is 0.837. The Morgan fingerprint density at radius 1 is 1.15 bits per heavy atom. The van der Waals surface area contributed by atoms with Gasteiger partial charge in [-0.1, -0.05) is 69.4 Å². The molecule has 1 aromatic heterocycles. The molecule has 0 radical (unpaired) electrons. The van der Waals surface area contributed by atoms with Gasteiger partial charge >= 0.3 is 0 Å². The fourth-order valence-electron chi connectivity index (χ4n) is 2.75. The van der Waals surface area contributed by atoms with E-state index in [1.54, 1.807) is 13.8 Å². The molecule has 0 fully saturated rings. The number of amides is 1. The summed E-state index contributed by atoms with van der Waals surface area (Å²) in [5.74, 6) is -0.464. The Morgan fingerprint density at radius 2 is 1.78 bits per heavy atom. The number of benzene rings is 1. The molecular formula is C18H26N4O3S2. The van der Waals surface area contributed by atoms with E-state index in [9.17, 15) is 13.2 Å². The summed E-state index contributed by atoms with van der Waals surface area (Å²) in [5, 5.41) is 10.2. The van der Waals surface area contributed by atoms with Gasteiger partial charge in [0.15, 0.2) is 0 Å². The molecule has 1 unspecified atom stereocenters. The quantitative estimate of drug-likeness (QED) is 0.651. The minimum Gasteiger partial charge on any atom is -0.300 e. The van der Waals surface area contributed by atoms with Gasteiger partial charge in [0.25, 0.3) is 10.0 Å². The highest BCUT2D eigenvalue weighted by atomic mass is 32.2. The van der Waals surface area contributed by atoms with Crippen molar-refractivity contribution in [2.45, 2.75) is 56.8 Å². The van der Waals surface area contributed by atoms with Crippen LogP contribution >= 0.6 is 11.3 Å². The van der Waals surface area contributed by atoms with Crippen LogP contribution in [0.4, 0.5) is 5.13 Å². The van der Waals surface area contributed by atoms with E-state index in [-0.39, 0.29) is 32.8 Å². The van der Waals surface area contributed by atoms with Crippen molar-refractivity contribution >= 4 is 32.4 Å². The van der Waals surface area contributed by atoms with Crippen LogP contribution in [0.1, 0.15) is 46.6 Å². The summed E-state index contributed by atoms with van der Waals surface area (Å²) in [5.41, 5.74) is 0.950. The average molecular weight is 411 g/mol. The summed E-state index contributed by atoms with van der Waals surface area (Å²) in [4.78, 5) is 11.7. The third-order valence-electron chi connectivity index (χ3n) is 4.12. The standard InChI is InChI=1S/C18H26N4O3S2/c1-12(2)15(23)19-16-20-21-17(26-16)27(24,25)22-13(3)11-18(4,5)14-9-7-6-8-10-14/h6-10,12-13,22H,11H2,1-5H3,(H,19,20,23). The van der Waals surface area contributed by atoms with Crippen LogP contribution in [0.15, 0.2) is 34.7 Å². The molecule has 0 aliphatic rings. The molecule has 27 heavy (non-hydrogen) atoms. The molecule has 9 heteroatoms. The first-order valence-electron chi connectivity index (χ1n) is 8.73. The van der Waals surface area contributed by atoms with Crippen molar-refractivity contribution in [2.75, 3.05) is 5.32 Å². The molecule has 2 rings (SSSR count). The highest BCUT2D eigenvalue weighted by Gasteiger charge is 2.28. The number of sulfonamides is 1. The van der Waals surface area contributed by atoms with Crippen LogP contribution in [0, 0.1) is 5.92 Å². The summed E-state index contributed by atoms with van der Waals surface area (Å²) in [6.07, 6.45) is 0.617. The number of aromatic nitrogens is 2. The summed E-state index contributed by atoms with van der Waals surface area (Å²) < 4.78 is 27.7. The molecule has 1 amide bonds. The Labute approximate surface area is 164 Å². The van der Waals surface area contributed by atoms with Crippen LogP contribution < -0.4 is 10.0 Å². The van der Waals surface area contributed by atoms with Gasteiger partial charge in [-0.15, -0.1) is 10.2 Å². The van der Waals surface area contributed by atoms with Crippen LogP contribution in [-0.4, -0.2) is 30.6 Å². The zero-order valence-electron chi connectivity index (χ0n) is 16.2. The molecule has 0 aliphatic carbocycles. The van der Waals surface area contributed by atoms with Crippen LogP contribution in [-0.2, 0) is 20.2 Å². The van der Waals surface area contributed by atoms with Crippen molar-refractivity contribution in [1.29, 1.82) is 0 Å². The van der Waals surface area contributed by atoms with Crippen LogP contribution in [0.5, 0.6) is 0 Å². The van der Waals surface area contributed by atoms with Crippen LogP contribution in [0.2, 0.25) is 0 Å². The Balaban J connectivity index is 2.05. The molecule has 0 aliphatic heterocycles. The van der Waals surface area contributed by atoms with E-state index < -0.39 is 10.0 Å². The minimum atomic E-state index is -3.81. The van der Waals surface area contributed by atoms with Crippen molar-refractivity contribution in [3.63, 3.8) is 0 Å². The maximum atomic E-state index is 12.6. The van der Waals surface area contributed by atoms with E-state index in [2.05, 4.69) is 34.1 Å². The van der Waals surface area contributed by atoms with Gasteiger partial charge in [-0.3, -0.25) is 4.79 Å². The molecule has 148 valence electrons. The third-order valence-corrected chi connectivity index (χ3v) is 6.91. The lowest BCUT2D eigenvalue weighted by molar-refractivity contribution is -0.118. The number of anilines is 1. The van der Waals surface area contributed by atoms with Crippen LogP contribution in [0.3, 0.4) is 0 Å². The Kier molecular flexibility index (Phi) is 6.72. The molecule has 7 nitrogen and oxygen atoms in total. The lowest BCUT2D eigenvalue weighted by Gasteiger charge is -2.28. The highest BCUT2D eigenvalue weighted by Crippen LogP contribution is 2.29. The van der Waals surface area contributed by atoms with Gasteiger partial charge < -0.3 is 5.32 Å². The SMILES string of the molecule is CC(CC(C)(C)c1ccccc1)NS(=O)(=O)c1nnc(NC(=O)C(C)C)s1. The first-order valence-corrected chi connectivity index (χ1v) is 11.0. The second kappa shape index (κ2) is 8.45. The number of hydrogen-bond donors (Lipinski definition) is 2. The lowest BCUT2D eigenvalue weighted by Crippen LogP contribution is -2.37. The molecule has 1 aromatic carbocycles. The lowest BCUT2D eigenvalue weighted by atomic mass is 9.79. The monoisotopic (exact) mass is 410 g/mol. The fraction of sp³-hybridized carbons (Fsp3) is 0.500. The van der Waals surface area contributed by atoms with E-state index >= 15 is 0 Å². The molecule has 0 saturated carbocycles. The predicted molar refractivity (Wildman–Crippen MR) is 107 cm³/mol. The van der Waals surface area contributed by atoms with Gasteiger partial charge in [0.1, 0.15) is 0 Å². The summed E-state index contributed by atoms with van der Waals surface area (Å²) in [6.45, 7) is 9.47. The van der Waals surface area contributed by atoms with Gasteiger partial charge in [-0.2, -0.15) is 0 Å². The summed E-state index contributed by atoms with van der Waals surface area (Å²) in [7, 11) is -3.81. The number of carbonyl (C=O) groups is 1. The molecule has 2 aromatic rings. The zero-order chi connectivity index (χ0) is 20.2. The highest BCUT2D eigenvalue weighted by molar-refractivity contribution is 7.91. The molecule has 0 saturated heterocycles. The Morgan fingerprint density at radius 3 is 2.37 bits per heavy atom. The number of nitrogens with one attached hydrogen (secondary N) is 2. The molecule has 1 atom stereocenters. The maximum absolute atomic E-state index is 12.6. The smallest absolute Gasteiger partial charge is 0.270 e. The number of hydrogen-bond acceptors (Lipinski definition) is 6. The molecule has 2 N–H and O–H groups in total. The van der Waals surface area contributed by atoms with Crippen molar-refractivity contribution in [1.82, 2.24) is 14.9 Å². The van der Waals surface area contributed by atoms with Crippen molar-refractivity contribution in [3.8, 4) is 0 Å². The average Bonchev–Trinajstić information content (AvgIpc) is 3.04. The topological polar surface area (TPSA) is 101 Å². The van der Waals surface area contributed by atoms with Gasteiger partial charge in [0.05, 0.1) is 0 Å². The number of carbonyl (C=O) groups excluding carboxylic acids is 1. The third kappa shape index (κ3) is 5.82. The fourth-order valence-corrected chi connectivity index (χ4v) is 4.91. The Hall–Kier alpha value is -1.84. The van der Waals surface area contributed by atoms with E-state index in [0.29, 0.717) is 6.42 Å². The molecule has 0 bridgehead atoms. The van der Waals surface area contributed by atoms with Crippen LogP contribution in [0.25, 0.3) is 0 Å². The summed E-state index contributed by atoms with van der Waals surface area (Å²) in [6, 6.07) is 9.67. The van der Waals surface area contributed by atoms with Crippen molar-refractivity contribution < 1.29 is 13.2 Å². The second-order valence-electron chi connectivity index (χ2n) is 7.49. The largest absolute Gasteiger partial charge is 0.300 e. The normalized spacial score (nSPS) is 13.6. The van der Waals surface area contributed by atoms with Gasteiger partial charge in [0.2, 0.25) is 15.4 Å². The zero-order valence-corrected chi connectivity index (χ0v) is 17.8. The minimum absolute atomic E-state index is 0.161. The molecule has 1 heterocycles. The van der Waals surface area contributed by atoms with Crippen molar-refractivity contribution in [2.24, 2.45) is 5.92 Å². The van der Waals surface area contributed by atoms with E-state index in [1.165, 1.54) is 0 Å². The van der Waals surface area contributed by atoms with E-state index in [4.69, 9.17) is 0 Å². The van der Waals surface area contributed by atoms with Gasteiger partial charge in [0, 0.05) is 12.0 Å². The maximum Gasteiger partial charge on any atom is 0.270 e. The molecule has 0 spiro atoms. The molecular weight excluding hydrogens is 384 g/mol. The second-order valence-corrected chi connectivity index (χ2v) is 10.4.